The van der Waals surface area contributed by atoms with Crippen molar-refractivity contribution in [3.05, 3.63) is 150 Å². The van der Waals surface area contributed by atoms with Crippen molar-refractivity contribution in [3.63, 3.8) is 0 Å². The highest BCUT2D eigenvalue weighted by molar-refractivity contribution is 8.18. The summed E-state index contributed by atoms with van der Waals surface area (Å²) >= 11 is 3.79. The van der Waals surface area contributed by atoms with Crippen LogP contribution in [0.25, 0.3) is 11.1 Å². The van der Waals surface area contributed by atoms with Crippen molar-refractivity contribution in [1.29, 1.82) is 0 Å². The molecule has 5 aromatic rings. The minimum absolute atomic E-state index is 0.462. The molecule has 1 saturated heterocycles. The van der Waals surface area contributed by atoms with Crippen LogP contribution in [0.1, 0.15) is 145 Å². The fourth-order valence-electron chi connectivity index (χ4n) is 8.47. The number of anilines is 3. The van der Waals surface area contributed by atoms with E-state index >= 15 is 0 Å². The predicted molar refractivity (Wildman–Crippen MR) is 257 cm³/mol. The van der Waals surface area contributed by atoms with Gasteiger partial charge >= 0.3 is 0 Å². The number of aliphatic hydroxyl groups excluding tert-OH is 1. The Kier molecular flexibility index (Phi) is 18.7. The standard InChI is InChI=1S/C54H69NOS2/c1-2-3-4-5-6-7-8-9-10-11-12-13-14-15-16-17-20-26-45-31-33-46(34-32-45)47-35-37-48(38-36-47)53(56)54(57-43-25-44-58-54)49-39-41-52(42-40-49)55(50-27-21-18-22-28-50)51-29-23-19-24-30-51/h18-19,21-24,27-42,53,56H,2-17,20,25-26,43-44H2,1H3. The van der Waals surface area contributed by atoms with Crippen LogP contribution >= 0.6 is 23.5 Å². The quantitative estimate of drug-likeness (QED) is 0.0593. The topological polar surface area (TPSA) is 23.5 Å². The second kappa shape index (κ2) is 24.6. The molecular weight excluding hydrogens is 743 g/mol. The van der Waals surface area contributed by atoms with Crippen molar-refractivity contribution in [2.45, 2.75) is 139 Å². The van der Waals surface area contributed by atoms with Gasteiger partial charge in [0, 0.05) is 17.1 Å². The molecule has 0 saturated carbocycles. The van der Waals surface area contributed by atoms with Gasteiger partial charge in [-0.3, -0.25) is 0 Å². The van der Waals surface area contributed by atoms with Gasteiger partial charge in [0.1, 0.15) is 10.2 Å². The molecule has 2 nitrogen and oxygen atoms in total. The Morgan fingerprint density at radius 3 is 1.36 bits per heavy atom. The summed E-state index contributed by atoms with van der Waals surface area (Å²) < 4.78 is -0.462. The lowest BCUT2D eigenvalue weighted by molar-refractivity contribution is 0.163. The van der Waals surface area contributed by atoms with Gasteiger partial charge in [-0.25, -0.2) is 0 Å². The smallest absolute Gasteiger partial charge is 0.116 e. The molecule has 1 aliphatic rings. The van der Waals surface area contributed by atoms with E-state index in [1.807, 2.05) is 23.5 Å². The largest absolute Gasteiger partial charge is 0.386 e. The van der Waals surface area contributed by atoms with E-state index in [9.17, 15) is 5.11 Å². The molecule has 0 amide bonds. The fraction of sp³-hybridized carbons (Fsp3) is 0.444. The Morgan fingerprint density at radius 1 is 0.483 bits per heavy atom. The van der Waals surface area contributed by atoms with Gasteiger partial charge in [0.2, 0.25) is 0 Å². The lowest BCUT2D eigenvalue weighted by Gasteiger charge is -2.40. The summed E-state index contributed by atoms with van der Waals surface area (Å²) in [4.78, 5) is 2.29. The molecule has 1 fully saturated rings. The maximum absolute atomic E-state index is 12.2. The molecule has 1 N–H and O–H groups in total. The minimum atomic E-state index is -0.631. The number of hydrogen-bond donors (Lipinski definition) is 1. The van der Waals surface area contributed by atoms with Crippen LogP contribution in [0.4, 0.5) is 17.1 Å². The third kappa shape index (κ3) is 13.0. The SMILES string of the molecule is CCCCCCCCCCCCCCCCCCCc1ccc(-c2ccc(C(O)C3(c4ccc(N(c5ccccc5)c5ccccc5)cc4)SCCCS3)cc2)cc1. The molecular formula is C54H69NOS2. The van der Waals surface area contributed by atoms with Crippen LogP contribution in [0.2, 0.25) is 0 Å². The molecule has 1 atom stereocenters. The van der Waals surface area contributed by atoms with E-state index in [-0.39, 0.29) is 0 Å². The first-order valence-corrected chi connectivity index (χ1v) is 24.8. The average Bonchev–Trinajstić information content (AvgIpc) is 3.29. The van der Waals surface area contributed by atoms with Gasteiger partial charge in [0.15, 0.2) is 0 Å². The fourth-order valence-corrected chi connectivity index (χ4v) is 11.9. The number of para-hydroxylation sites is 2. The van der Waals surface area contributed by atoms with Crippen LogP contribution in [0, 0.1) is 0 Å². The van der Waals surface area contributed by atoms with E-state index < -0.39 is 10.2 Å². The summed E-state index contributed by atoms with van der Waals surface area (Å²) in [5.41, 5.74) is 9.36. The average molecular weight is 812 g/mol. The van der Waals surface area contributed by atoms with Gasteiger partial charge in [-0.05, 0) is 95.0 Å². The molecule has 1 heterocycles. The first-order valence-electron chi connectivity index (χ1n) is 22.8. The Bertz CT molecular complexity index is 1780. The molecule has 58 heavy (non-hydrogen) atoms. The third-order valence-corrected chi connectivity index (χ3v) is 15.4. The van der Waals surface area contributed by atoms with Crippen molar-refractivity contribution in [2.75, 3.05) is 16.4 Å². The van der Waals surface area contributed by atoms with Gasteiger partial charge in [-0.15, -0.1) is 23.5 Å². The van der Waals surface area contributed by atoms with Crippen molar-refractivity contribution in [2.24, 2.45) is 0 Å². The number of thioether (sulfide) groups is 2. The number of nitrogens with zero attached hydrogens (tertiary/aromatic N) is 1. The lowest BCUT2D eigenvalue weighted by atomic mass is 9.96. The number of unbranched alkanes of at least 4 members (excludes halogenated alkanes) is 16. The summed E-state index contributed by atoms with van der Waals surface area (Å²) in [7, 11) is 0. The first-order chi connectivity index (χ1) is 28.7. The van der Waals surface area contributed by atoms with Gasteiger partial charge in [-0.1, -0.05) is 207 Å². The lowest BCUT2D eigenvalue weighted by Crippen LogP contribution is -2.30. The zero-order valence-electron chi connectivity index (χ0n) is 35.3. The molecule has 4 heteroatoms. The number of aliphatic hydroxyl groups is 1. The summed E-state index contributed by atoms with van der Waals surface area (Å²) in [6.45, 7) is 2.30. The van der Waals surface area contributed by atoms with E-state index in [0.29, 0.717) is 0 Å². The first kappa shape index (κ1) is 44.1. The summed E-state index contributed by atoms with van der Waals surface area (Å²) in [6, 6.07) is 47.8. The van der Waals surface area contributed by atoms with Gasteiger partial charge in [-0.2, -0.15) is 0 Å². The van der Waals surface area contributed by atoms with Crippen LogP contribution in [0.15, 0.2) is 133 Å². The Labute approximate surface area is 360 Å². The molecule has 0 spiro atoms. The molecule has 1 aliphatic heterocycles. The Morgan fingerprint density at radius 2 is 0.897 bits per heavy atom. The highest BCUT2D eigenvalue weighted by Crippen LogP contribution is 2.58. The second-order valence-electron chi connectivity index (χ2n) is 16.4. The number of hydrogen-bond acceptors (Lipinski definition) is 4. The monoisotopic (exact) mass is 811 g/mol. The maximum atomic E-state index is 12.2. The third-order valence-electron chi connectivity index (χ3n) is 11.9. The molecule has 0 bridgehead atoms. The Hall–Kier alpha value is -3.44. The van der Waals surface area contributed by atoms with Crippen molar-refractivity contribution in [3.8, 4) is 11.1 Å². The zero-order chi connectivity index (χ0) is 40.1. The molecule has 5 aromatic carbocycles. The number of aryl methyl sites for hydroxylation is 1. The van der Waals surface area contributed by atoms with Crippen LogP contribution in [-0.2, 0) is 10.5 Å². The summed E-state index contributed by atoms with van der Waals surface area (Å²) in [5, 5.41) is 12.2. The highest BCUT2D eigenvalue weighted by Gasteiger charge is 2.43. The minimum Gasteiger partial charge on any atom is -0.386 e. The molecule has 1 unspecified atom stereocenters. The summed E-state index contributed by atoms with van der Waals surface area (Å²) in [6.07, 6.45) is 25.7. The van der Waals surface area contributed by atoms with Gasteiger partial charge in [0.25, 0.3) is 0 Å². The summed E-state index contributed by atoms with van der Waals surface area (Å²) in [5.74, 6) is 2.08. The molecule has 0 aliphatic carbocycles. The van der Waals surface area contributed by atoms with Crippen molar-refractivity contribution >= 4 is 40.6 Å². The van der Waals surface area contributed by atoms with E-state index in [4.69, 9.17) is 0 Å². The Balaban J connectivity index is 0.953. The maximum Gasteiger partial charge on any atom is 0.116 e. The normalized spacial score (nSPS) is 14.3. The zero-order valence-corrected chi connectivity index (χ0v) is 37.0. The molecule has 308 valence electrons. The number of rotatable bonds is 25. The number of benzene rings is 5. The van der Waals surface area contributed by atoms with Crippen LogP contribution in [0.3, 0.4) is 0 Å². The van der Waals surface area contributed by atoms with Crippen molar-refractivity contribution in [1.82, 2.24) is 0 Å². The molecule has 6 rings (SSSR count). The van der Waals surface area contributed by atoms with Crippen LogP contribution < -0.4 is 4.90 Å². The van der Waals surface area contributed by atoms with Crippen LogP contribution in [0.5, 0.6) is 0 Å². The van der Waals surface area contributed by atoms with Gasteiger partial charge in [0.05, 0.1) is 0 Å². The van der Waals surface area contributed by atoms with Crippen molar-refractivity contribution < 1.29 is 5.11 Å². The van der Waals surface area contributed by atoms with E-state index in [2.05, 4.69) is 145 Å². The second-order valence-corrected chi connectivity index (χ2v) is 19.3. The van der Waals surface area contributed by atoms with E-state index in [1.165, 1.54) is 138 Å². The predicted octanol–water partition coefficient (Wildman–Crippen LogP) is 16.8. The molecule has 0 aromatic heterocycles. The van der Waals surface area contributed by atoms with Crippen LogP contribution in [-0.4, -0.2) is 16.6 Å². The molecule has 0 radical (unpaired) electrons. The van der Waals surface area contributed by atoms with Gasteiger partial charge < -0.3 is 10.0 Å². The van der Waals surface area contributed by atoms with E-state index in [1.54, 1.807) is 0 Å². The van der Waals surface area contributed by atoms with E-state index in [0.717, 1.165) is 40.6 Å². The highest BCUT2D eigenvalue weighted by atomic mass is 32.2.